The summed E-state index contributed by atoms with van der Waals surface area (Å²) in [7, 11) is 0. The monoisotopic (exact) mass is 331 g/mol. The highest BCUT2D eigenvalue weighted by Gasteiger charge is 2.29. The number of ether oxygens (including phenoxy) is 1. The van der Waals surface area contributed by atoms with Crippen LogP contribution in [0.1, 0.15) is 22.7 Å². The third kappa shape index (κ3) is 3.40. The molecule has 0 bridgehead atoms. The van der Waals surface area contributed by atoms with Gasteiger partial charge in [-0.15, -0.1) is 0 Å². The first-order valence-corrected chi connectivity index (χ1v) is 8.52. The second-order valence-corrected chi connectivity index (χ2v) is 6.29. The van der Waals surface area contributed by atoms with Gasteiger partial charge in [-0.3, -0.25) is 9.88 Å². The number of pyridine rings is 1. The minimum absolute atomic E-state index is 0.203. The minimum atomic E-state index is 0.203. The molecule has 4 rings (SSSR count). The first-order chi connectivity index (χ1) is 12.3. The fourth-order valence-corrected chi connectivity index (χ4v) is 3.41. The summed E-state index contributed by atoms with van der Waals surface area (Å²) in [4.78, 5) is 6.61. The van der Waals surface area contributed by atoms with E-state index < -0.39 is 0 Å². The van der Waals surface area contributed by atoms with Crippen molar-refractivity contribution in [2.75, 3.05) is 6.54 Å². The Bertz CT molecular complexity index is 836. The number of nitrogens with two attached hydrogens (primary N) is 1. The van der Waals surface area contributed by atoms with Crippen molar-refractivity contribution in [1.82, 2.24) is 9.88 Å². The van der Waals surface area contributed by atoms with Gasteiger partial charge in [0.05, 0.1) is 0 Å². The molecule has 1 aromatic heterocycles. The van der Waals surface area contributed by atoms with Gasteiger partial charge in [0.1, 0.15) is 11.5 Å². The molecule has 25 heavy (non-hydrogen) atoms. The van der Waals surface area contributed by atoms with E-state index in [1.165, 1.54) is 16.7 Å². The fraction of sp³-hybridized carbons (Fsp3) is 0.190. The third-order valence-corrected chi connectivity index (χ3v) is 4.60. The molecule has 0 saturated heterocycles. The van der Waals surface area contributed by atoms with E-state index >= 15 is 0 Å². The Hall–Kier alpha value is -2.69. The quantitative estimate of drug-likeness (QED) is 0.770. The average Bonchev–Trinajstić information content (AvgIpc) is 2.99. The fourth-order valence-electron chi connectivity index (χ4n) is 3.41. The molecule has 0 aliphatic carbocycles. The highest BCUT2D eigenvalue weighted by molar-refractivity contribution is 5.42. The zero-order valence-corrected chi connectivity index (χ0v) is 14.0. The van der Waals surface area contributed by atoms with Crippen molar-refractivity contribution in [3.8, 4) is 11.5 Å². The number of fused-ring (bicyclic) bond motifs is 1. The molecule has 3 aromatic rings. The Labute approximate surface area is 147 Å². The van der Waals surface area contributed by atoms with Gasteiger partial charge in [0, 0.05) is 38.1 Å². The van der Waals surface area contributed by atoms with Gasteiger partial charge in [-0.05, 0) is 47.0 Å². The Morgan fingerprint density at radius 3 is 2.68 bits per heavy atom. The van der Waals surface area contributed by atoms with Crippen molar-refractivity contribution < 1.29 is 4.74 Å². The Balaban J connectivity index is 1.56. The summed E-state index contributed by atoms with van der Waals surface area (Å²) >= 11 is 0. The van der Waals surface area contributed by atoms with E-state index in [4.69, 9.17) is 10.5 Å². The van der Waals surface area contributed by atoms with Gasteiger partial charge in [0.2, 0.25) is 0 Å². The maximum Gasteiger partial charge on any atom is 0.127 e. The van der Waals surface area contributed by atoms with Gasteiger partial charge < -0.3 is 10.5 Å². The van der Waals surface area contributed by atoms with Crippen molar-refractivity contribution in [3.63, 3.8) is 0 Å². The molecule has 0 saturated carbocycles. The van der Waals surface area contributed by atoms with E-state index in [2.05, 4.69) is 28.1 Å². The van der Waals surface area contributed by atoms with E-state index in [0.717, 1.165) is 24.6 Å². The Kier molecular flexibility index (Phi) is 4.46. The predicted octanol–water partition coefficient (Wildman–Crippen LogP) is 3.89. The number of aromatic nitrogens is 1. The molecular formula is C21H21N3O. The van der Waals surface area contributed by atoms with Gasteiger partial charge in [0.15, 0.2) is 0 Å². The molecule has 2 aromatic carbocycles. The number of nitrogens with zero attached hydrogens (tertiary/aromatic N) is 2. The second-order valence-electron chi connectivity index (χ2n) is 6.29. The lowest BCUT2D eigenvalue weighted by molar-refractivity contribution is 0.210. The topological polar surface area (TPSA) is 51.4 Å². The minimum Gasteiger partial charge on any atom is -0.457 e. The molecule has 1 aliphatic heterocycles. The second kappa shape index (κ2) is 7.05. The molecule has 4 heteroatoms. The molecule has 0 radical (unpaired) electrons. The summed E-state index contributed by atoms with van der Waals surface area (Å²) in [6.07, 6.45) is 3.72. The van der Waals surface area contributed by atoms with Gasteiger partial charge in [0.25, 0.3) is 0 Å². The van der Waals surface area contributed by atoms with Crippen LogP contribution < -0.4 is 10.5 Å². The van der Waals surface area contributed by atoms with Crippen LogP contribution in [-0.4, -0.2) is 16.4 Å². The molecule has 1 aliphatic rings. The SMILES string of the molecule is NCC1c2cc(Oc3ccccc3)ccc2CN1Cc1cccnc1. The molecule has 0 amide bonds. The molecule has 4 nitrogen and oxygen atoms in total. The van der Waals surface area contributed by atoms with Crippen LogP contribution in [0.5, 0.6) is 11.5 Å². The van der Waals surface area contributed by atoms with Gasteiger partial charge in [-0.2, -0.15) is 0 Å². The maximum absolute atomic E-state index is 6.10. The largest absolute Gasteiger partial charge is 0.457 e. The van der Waals surface area contributed by atoms with Crippen molar-refractivity contribution in [3.05, 3.63) is 89.7 Å². The maximum atomic E-state index is 6.10. The molecular weight excluding hydrogens is 310 g/mol. The highest BCUT2D eigenvalue weighted by Crippen LogP contribution is 2.37. The van der Waals surface area contributed by atoms with Crippen molar-refractivity contribution >= 4 is 0 Å². The lowest BCUT2D eigenvalue weighted by Gasteiger charge is -2.23. The Morgan fingerprint density at radius 2 is 1.92 bits per heavy atom. The van der Waals surface area contributed by atoms with Crippen LogP contribution in [0.25, 0.3) is 0 Å². The summed E-state index contributed by atoms with van der Waals surface area (Å²) in [6, 6.07) is 20.4. The van der Waals surface area contributed by atoms with Crippen molar-refractivity contribution in [2.45, 2.75) is 19.1 Å². The summed E-state index contributed by atoms with van der Waals surface area (Å²) < 4.78 is 5.98. The lowest BCUT2D eigenvalue weighted by atomic mass is 10.0. The van der Waals surface area contributed by atoms with E-state index in [-0.39, 0.29) is 6.04 Å². The number of para-hydroxylation sites is 1. The summed E-state index contributed by atoms with van der Waals surface area (Å²) in [5.74, 6) is 1.70. The zero-order chi connectivity index (χ0) is 17.1. The number of benzene rings is 2. The van der Waals surface area contributed by atoms with Crippen LogP contribution in [-0.2, 0) is 13.1 Å². The number of rotatable bonds is 5. The molecule has 1 atom stereocenters. The molecule has 126 valence electrons. The molecule has 1 unspecified atom stereocenters. The van der Waals surface area contributed by atoms with Crippen LogP contribution >= 0.6 is 0 Å². The first kappa shape index (κ1) is 15.8. The molecule has 0 fully saturated rings. The predicted molar refractivity (Wildman–Crippen MR) is 98.2 cm³/mol. The number of hydrogen-bond donors (Lipinski definition) is 1. The van der Waals surface area contributed by atoms with Gasteiger partial charge >= 0.3 is 0 Å². The molecule has 2 heterocycles. The van der Waals surface area contributed by atoms with Crippen LogP contribution in [0.4, 0.5) is 0 Å². The zero-order valence-electron chi connectivity index (χ0n) is 14.0. The van der Waals surface area contributed by atoms with E-state index in [1.54, 1.807) is 6.20 Å². The molecule has 2 N–H and O–H groups in total. The van der Waals surface area contributed by atoms with Crippen LogP contribution in [0.15, 0.2) is 73.1 Å². The molecule has 0 spiro atoms. The van der Waals surface area contributed by atoms with Crippen LogP contribution in [0.2, 0.25) is 0 Å². The van der Waals surface area contributed by atoms with E-state index in [1.807, 2.05) is 48.7 Å². The summed E-state index contributed by atoms with van der Waals surface area (Å²) in [5.41, 5.74) is 9.88. The third-order valence-electron chi connectivity index (χ3n) is 4.60. The highest BCUT2D eigenvalue weighted by atomic mass is 16.5. The van der Waals surface area contributed by atoms with E-state index in [0.29, 0.717) is 6.54 Å². The van der Waals surface area contributed by atoms with E-state index in [9.17, 15) is 0 Å². The van der Waals surface area contributed by atoms with Gasteiger partial charge in [-0.1, -0.05) is 30.3 Å². The van der Waals surface area contributed by atoms with Crippen LogP contribution in [0, 0.1) is 0 Å². The van der Waals surface area contributed by atoms with Crippen molar-refractivity contribution in [2.24, 2.45) is 5.73 Å². The number of hydrogen-bond acceptors (Lipinski definition) is 4. The first-order valence-electron chi connectivity index (χ1n) is 8.52. The van der Waals surface area contributed by atoms with Crippen LogP contribution in [0.3, 0.4) is 0 Å². The normalized spacial score (nSPS) is 16.6. The summed E-state index contributed by atoms with van der Waals surface area (Å²) in [6.45, 7) is 2.33. The van der Waals surface area contributed by atoms with Gasteiger partial charge in [-0.25, -0.2) is 0 Å². The average molecular weight is 331 g/mol. The van der Waals surface area contributed by atoms with Crippen molar-refractivity contribution in [1.29, 1.82) is 0 Å². The lowest BCUT2D eigenvalue weighted by Crippen LogP contribution is -2.27. The summed E-state index contributed by atoms with van der Waals surface area (Å²) in [5, 5.41) is 0. The standard InChI is InChI=1S/C21H21N3O/c22-12-21-20-11-19(25-18-6-2-1-3-7-18)9-8-17(20)15-24(21)14-16-5-4-10-23-13-16/h1-11,13,21H,12,14-15,22H2. The Morgan fingerprint density at radius 1 is 1.04 bits per heavy atom. The smallest absolute Gasteiger partial charge is 0.127 e.